The highest BCUT2D eigenvalue weighted by Gasteiger charge is 2.32. The van der Waals surface area contributed by atoms with E-state index in [0.717, 1.165) is 31.4 Å². The van der Waals surface area contributed by atoms with Crippen molar-refractivity contribution in [1.82, 2.24) is 15.5 Å². The van der Waals surface area contributed by atoms with E-state index >= 15 is 0 Å². The topological polar surface area (TPSA) is 39.7 Å². The van der Waals surface area contributed by atoms with Gasteiger partial charge in [0, 0.05) is 26.2 Å². The summed E-state index contributed by atoms with van der Waals surface area (Å²) in [6.45, 7) is 6.17. The van der Waals surface area contributed by atoms with E-state index in [4.69, 9.17) is 0 Å². The number of rotatable bonds is 7. The third kappa shape index (κ3) is 6.97. The Labute approximate surface area is 164 Å². The molecule has 1 saturated carbocycles. The Kier molecular flexibility index (Phi) is 9.05. The molecule has 1 unspecified atom stereocenters. The van der Waals surface area contributed by atoms with Crippen molar-refractivity contribution in [1.29, 1.82) is 0 Å². The van der Waals surface area contributed by atoms with Gasteiger partial charge in [0.25, 0.3) is 0 Å². The molecule has 2 N–H and O–H groups in total. The lowest BCUT2D eigenvalue weighted by molar-refractivity contribution is 0.264. The van der Waals surface area contributed by atoms with Crippen LogP contribution in [-0.2, 0) is 6.42 Å². The van der Waals surface area contributed by atoms with Gasteiger partial charge in [0.05, 0.1) is 0 Å². The molecular weight excluding hydrogens is 411 g/mol. The van der Waals surface area contributed by atoms with Crippen molar-refractivity contribution in [3.63, 3.8) is 0 Å². The highest BCUT2D eigenvalue weighted by atomic mass is 127. The number of hydrogen-bond donors (Lipinski definition) is 2. The molecule has 0 aliphatic heterocycles. The Morgan fingerprint density at radius 2 is 1.79 bits per heavy atom. The highest BCUT2D eigenvalue weighted by molar-refractivity contribution is 14.0. The minimum absolute atomic E-state index is 0. The summed E-state index contributed by atoms with van der Waals surface area (Å²) < 4.78 is 0. The monoisotopic (exact) mass is 444 g/mol. The minimum Gasteiger partial charge on any atom is -0.356 e. The number of benzene rings is 1. The van der Waals surface area contributed by atoms with Gasteiger partial charge in [-0.15, -0.1) is 24.0 Å². The number of hydrogen-bond acceptors (Lipinski definition) is 2. The molecule has 4 nitrogen and oxygen atoms in total. The third-order valence-corrected chi connectivity index (χ3v) is 4.52. The average Bonchev–Trinajstić information content (AvgIpc) is 3.29. The summed E-state index contributed by atoms with van der Waals surface area (Å²) >= 11 is 0. The van der Waals surface area contributed by atoms with Crippen LogP contribution in [0.5, 0.6) is 0 Å². The first-order valence-corrected chi connectivity index (χ1v) is 8.67. The number of nitrogens with zero attached hydrogens (tertiary/aromatic N) is 2. The van der Waals surface area contributed by atoms with Gasteiger partial charge in [-0.05, 0) is 58.7 Å². The van der Waals surface area contributed by atoms with Gasteiger partial charge in [-0.25, -0.2) is 0 Å². The number of aryl methyl sites for hydroxylation is 2. The van der Waals surface area contributed by atoms with Crippen molar-refractivity contribution in [2.24, 2.45) is 10.9 Å². The molecule has 0 saturated heterocycles. The maximum atomic E-state index is 4.34. The van der Waals surface area contributed by atoms with Gasteiger partial charge < -0.3 is 15.5 Å². The summed E-state index contributed by atoms with van der Waals surface area (Å²) in [6.07, 6.45) is 3.75. The molecule has 1 fully saturated rings. The molecule has 0 spiro atoms. The summed E-state index contributed by atoms with van der Waals surface area (Å²) in [5.74, 6) is 1.76. The SMILES string of the molecule is CN=C(NCCc1cc(C)cc(C)c1)NCC(C1CC1)N(C)C.I. The average molecular weight is 444 g/mol. The minimum atomic E-state index is 0. The molecule has 0 amide bonds. The van der Waals surface area contributed by atoms with E-state index in [0.29, 0.717) is 6.04 Å². The van der Waals surface area contributed by atoms with Crippen LogP contribution in [0.3, 0.4) is 0 Å². The van der Waals surface area contributed by atoms with Crippen LogP contribution in [0.2, 0.25) is 0 Å². The summed E-state index contributed by atoms with van der Waals surface area (Å²) in [6, 6.07) is 7.35. The van der Waals surface area contributed by atoms with E-state index < -0.39 is 0 Å². The third-order valence-electron chi connectivity index (χ3n) is 4.52. The molecule has 0 radical (unpaired) electrons. The Bertz CT molecular complexity index is 516. The lowest BCUT2D eigenvalue weighted by atomic mass is 10.1. The molecule has 0 aromatic heterocycles. The predicted molar refractivity (Wildman–Crippen MR) is 115 cm³/mol. The summed E-state index contributed by atoms with van der Waals surface area (Å²) in [5.41, 5.74) is 4.05. The molecule has 0 heterocycles. The van der Waals surface area contributed by atoms with Crippen molar-refractivity contribution >= 4 is 29.9 Å². The van der Waals surface area contributed by atoms with E-state index in [1.807, 2.05) is 7.05 Å². The van der Waals surface area contributed by atoms with Crippen LogP contribution in [-0.4, -0.2) is 51.1 Å². The molecule has 24 heavy (non-hydrogen) atoms. The number of nitrogens with one attached hydrogen (secondary N) is 2. The van der Waals surface area contributed by atoms with E-state index in [1.54, 1.807) is 0 Å². The second-order valence-corrected chi connectivity index (χ2v) is 6.99. The van der Waals surface area contributed by atoms with E-state index in [-0.39, 0.29) is 24.0 Å². The fourth-order valence-corrected chi connectivity index (χ4v) is 3.21. The molecule has 1 aromatic carbocycles. The Morgan fingerprint density at radius 3 is 2.29 bits per heavy atom. The van der Waals surface area contributed by atoms with Gasteiger partial charge in [0.2, 0.25) is 0 Å². The van der Waals surface area contributed by atoms with Crippen molar-refractivity contribution in [2.45, 2.75) is 39.2 Å². The molecule has 5 heteroatoms. The van der Waals surface area contributed by atoms with Crippen molar-refractivity contribution in [3.8, 4) is 0 Å². The molecule has 0 bridgehead atoms. The second-order valence-electron chi connectivity index (χ2n) is 6.99. The van der Waals surface area contributed by atoms with Crippen molar-refractivity contribution in [2.75, 3.05) is 34.2 Å². The van der Waals surface area contributed by atoms with Crippen LogP contribution in [0, 0.1) is 19.8 Å². The van der Waals surface area contributed by atoms with Gasteiger partial charge in [-0.1, -0.05) is 29.3 Å². The first kappa shape index (κ1) is 21.2. The van der Waals surface area contributed by atoms with E-state index in [2.05, 4.69) is 66.7 Å². The van der Waals surface area contributed by atoms with Crippen LogP contribution in [0.1, 0.15) is 29.5 Å². The fourth-order valence-electron chi connectivity index (χ4n) is 3.21. The number of likely N-dealkylation sites (N-methyl/N-ethyl adjacent to an activating group) is 1. The first-order chi connectivity index (χ1) is 11.0. The number of aliphatic imine (C=N–C) groups is 1. The zero-order valence-electron chi connectivity index (χ0n) is 15.7. The zero-order valence-corrected chi connectivity index (χ0v) is 18.1. The standard InChI is InChI=1S/C19H32N4.HI/c1-14-10-15(2)12-16(11-14)8-9-21-19(20-3)22-13-18(23(4)5)17-6-7-17;/h10-12,17-18H,6-9,13H2,1-5H3,(H2,20,21,22);1H. The molecule has 2 rings (SSSR count). The maximum Gasteiger partial charge on any atom is 0.191 e. The van der Waals surface area contributed by atoms with Gasteiger partial charge in [-0.3, -0.25) is 4.99 Å². The van der Waals surface area contributed by atoms with Crippen molar-refractivity contribution < 1.29 is 0 Å². The van der Waals surface area contributed by atoms with Gasteiger partial charge >= 0.3 is 0 Å². The first-order valence-electron chi connectivity index (χ1n) is 8.67. The summed E-state index contributed by atoms with van der Waals surface area (Å²) in [7, 11) is 6.18. The fraction of sp³-hybridized carbons (Fsp3) is 0.632. The smallest absolute Gasteiger partial charge is 0.191 e. The summed E-state index contributed by atoms with van der Waals surface area (Å²) in [5, 5.41) is 6.91. The van der Waals surface area contributed by atoms with Crippen LogP contribution in [0.4, 0.5) is 0 Å². The van der Waals surface area contributed by atoms with Crippen LogP contribution in [0.15, 0.2) is 23.2 Å². The normalized spacial score (nSPS) is 15.8. The molecular formula is C19H33IN4. The lowest BCUT2D eigenvalue weighted by Crippen LogP contribution is -2.46. The quantitative estimate of drug-likeness (QED) is 0.386. The summed E-state index contributed by atoms with van der Waals surface area (Å²) in [4.78, 5) is 6.67. The van der Waals surface area contributed by atoms with Gasteiger partial charge in [0.15, 0.2) is 5.96 Å². The number of guanidine groups is 1. The molecule has 1 aliphatic carbocycles. The highest BCUT2D eigenvalue weighted by Crippen LogP contribution is 2.34. The van der Waals surface area contributed by atoms with Crippen LogP contribution < -0.4 is 10.6 Å². The largest absolute Gasteiger partial charge is 0.356 e. The Balaban J connectivity index is 0.00000288. The van der Waals surface area contributed by atoms with E-state index in [9.17, 15) is 0 Å². The number of halogens is 1. The van der Waals surface area contributed by atoms with E-state index in [1.165, 1.54) is 29.5 Å². The molecule has 1 aromatic rings. The second kappa shape index (κ2) is 10.2. The van der Waals surface area contributed by atoms with Gasteiger partial charge in [0.1, 0.15) is 0 Å². The zero-order chi connectivity index (χ0) is 16.8. The maximum absolute atomic E-state index is 4.34. The Morgan fingerprint density at radius 1 is 1.17 bits per heavy atom. The van der Waals surface area contributed by atoms with Gasteiger partial charge in [-0.2, -0.15) is 0 Å². The molecule has 1 aliphatic rings. The van der Waals surface area contributed by atoms with Crippen LogP contribution >= 0.6 is 24.0 Å². The lowest BCUT2D eigenvalue weighted by Gasteiger charge is -2.25. The molecule has 136 valence electrons. The van der Waals surface area contributed by atoms with Crippen molar-refractivity contribution in [3.05, 3.63) is 34.9 Å². The molecule has 1 atom stereocenters. The predicted octanol–water partition coefficient (Wildman–Crippen LogP) is 2.97. The Hall–Kier alpha value is -0.820. The van der Waals surface area contributed by atoms with Crippen LogP contribution in [0.25, 0.3) is 0 Å².